The number of amides is 2. The lowest BCUT2D eigenvalue weighted by molar-refractivity contribution is 0.0948. The van der Waals surface area contributed by atoms with Gasteiger partial charge < -0.3 is 19.8 Å². The van der Waals surface area contributed by atoms with Crippen molar-refractivity contribution < 1.29 is 18.7 Å². The smallest absolute Gasteiger partial charge is 0.292 e. The average Bonchev–Trinajstić information content (AvgIpc) is 3.17. The molecule has 4 rings (SSSR count). The molecule has 2 heterocycles. The normalized spacial score (nSPS) is 13.1. The summed E-state index contributed by atoms with van der Waals surface area (Å²) in [6, 6.07) is 4.79. The van der Waals surface area contributed by atoms with E-state index in [9.17, 15) is 14.4 Å². The molecule has 0 aliphatic heterocycles. The van der Waals surface area contributed by atoms with Crippen molar-refractivity contribution in [2.24, 2.45) is 0 Å². The van der Waals surface area contributed by atoms with Gasteiger partial charge >= 0.3 is 0 Å². The van der Waals surface area contributed by atoms with Crippen LogP contribution in [0.5, 0.6) is 0 Å². The van der Waals surface area contributed by atoms with Crippen LogP contribution in [0.2, 0.25) is 0 Å². The number of anilines is 1. The number of thiophene rings is 1. The first kappa shape index (κ1) is 23.2. The van der Waals surface area contributed by atoms with Crippen LogP contribution >= 0.6 is 11.3 Å². The zero-order valence-corrected chi connectivity index (χ0v) is 19.9. The maximum atomic E-state index is 13.1. The van der Waals surface area contributed by atoms with Crippen LogP contribution in [0.25, 0.3) is 11.0 Å². The van der Waals surface area contributed by atoms with Crippen LogP contribution in [0.4, 0.5) is 5.00 Å². The second-order valence-electron chi connectivity index (χ2n) is 8.33. The van der Waals surface area contributed by atoms with Crippen molar-refractivity contribution >= 4 is 39.1 Å². The largest absolute Gasteiger partial charge is 0.450 e. The van der Waals surface area contributed by atoms with Gasteiger partial charge in [-0.15, -0.1) is 11.3 Å². The van der Waals surface area contributed by atoms with E-state index in [1.54, 1.807) is 13.2 Å². The Labute approximate surface area is 196 Å². The fraction of sp³-hybridized carbons (Fsp3) is 0.400. The number of rotatable bonds is 7. The summed E-state index contributed by atoms with van der Waals surface area (Å²) >= 11 is 1.43. The van der Waals surface area contributed by atoms with Crippen molar-refractivity contribution in [2.75, 3.05) is 25.6 Å². The van der Waals surface area contributed by atoms with Crippen LogP contribution in [0, 0.1) is 13.8 Å². The first-order valence-corrected chi connectivity index (χ1v) is 12.0. The zero-order chi connectivity index (χ0) is 23.5. The zero-order valence-electron chi connectivity index (χ0n) is 19.1. The van der Waals surface area contributed by atoms with Crippen molar-refractivity contribution in [2.45, 2.75) is 46.0 Å². The molecule has 8 heteroatoms. The maximum Gasteiger partial charge on any atom is 0.292 e. The second kappa shape index (κ2) is 9.89. The molecule has 1 aliphatic rings. The quantitative estimate of drug-likeness (QED) is 0.502. The monoisotopic (exact) mass is 468 g/mol. The minimum atomic E-state index is -0.540. The van der Waals surface area contributed by atoms with E-state index < -0.39 is 5.91 Å². The van der Waals surface area contributed by atoms with Gasteiger partial charge in [0.25, 0.3) is 11.8 Å². The Kier molecular flexibility index (Phi) is 6.95. The summed E-state index contributed by atoms with van der Waals surface area (Å²) in [5.74, 6) is -0.812. The minimum absolute atomic E-state index is 0.0703. The highest BCUT2D eigenvalue weighted by Gasteiger charge is 2.27. The summed E-state index contributed by atoms with van der Waals surface area (Å²) in [6.07, 6.45) is 4.49. The third kappa shape index (κ3) is 4.72. The number of benzene rings is 1. The molecule has 33 heavy (non-hydrogen) atoms. The molecule has 2 N–H and O–H groups in total. The fourth-order valence-electron chi connectivity index (χ4n) is 4.13. The van der Waals surface area contributed by atoms with Crippen molar-refractivity contribution in [3.05, 3.63) is 61.3 Å². The highest BCUT2D eigenvalue weighted by Crippen LogP contribution is 2.38. The summed E-state index contributed by atoms with van der Waals surface area (Å²) in [6.45, 7) is 4.84. The van der Waals surface area contributed by atoms with Gasteiger partial charge in [0.05, 0.1) is 10.9 Å². The standard InChI is InChI=1S/C25H28N2O5S/c1-14-9-10-16-18(28)13-19(32-22(16)15(14)2)23(29)27-25-21(24(30)26-11-6-12-31-3)17-7-4-5-8-20(17)33-25/h9-10,13H,4-8,11-12H2,1-3H3,(H,26,30)(H,27,29). The molecule has 1 aliphatic carbocycles. The Morgan fingerprint density at radius 1 is 1.15 bits per heavy atom. The lowest BCUT2D eigenvalue weighted by Crippen LogP contribution is -2.27. The van der Waals surface area contributed by atoms with Gasteiger partial charge in [-0.3, -0.25) is 14.4 Å². The number of ether oxygens (including phenoxy) is 1. The van der Waals surface area contributed by atoms with Crippen molar-refractivity contribution in [3.63, 3.8) is 0 Å². The fourth-order valence-corrected chi connectivity index (χ4v) is 5.41. The Hall–Kier alpha value is -2.97. The lowest BCUT2D eigenvalue weighted by atomic mass is 9.95. The number of nitrogens with one attached hydrogen (secondary N) is 2. The van der Waals surface area contributed by atoms with Crippen LogP contribution in [-0.2, 0) is 17.6 Å². The third-order valence-electron chi connectivity index (χ3n) is 6.08. The first-order valence-electron chi connectivity index (χ1n) is 11.2. The molecule has 0 bridgehead atoms. The first-order chi connectivity index (χ1) is 15.9. The van der Waals surface area contributed by atoms with Crippen LogP contribution in [0.3, 0.4) is 0 Å². The number of hydrogen-bond acceptors (Lipinski definition) is 6. The predicted molar refractivity (Wildman–Crippen MR) is 130 cm³/mol. The van der Waals surface area contributed by atoms with Crippen LogP contribution in [0.15, 0.2) is 27.4 Å². The molecule has 0 saturated heterocycles. The molecule has 2 amide bonds. The number of carbonyl (C=O) groups excluding carboxylic acids is 2. The van der Waals surface area contributed by atoms with Crippen molar-refractivity contribution in [1.29, 1.82) is 0 Å². The molecule has 0 atom stereocenters. The summed E-state index contributed by atoms with van der Waals surface area (Å²) in [5, 5.41) is 6.73. The number of methoxy groups -OCH3 is 1. The number of carbonyl (C=O) groups is 2. The van der Waals surface area contributed by atoms with E-state index in [-0.39, 0.29) is 17.1 Å². The van der Waals surface area contributed by atoms with E-state index in [4.69, 9.17) is 9.15 Å². The van der Waals surface area contributed by atoms with Gasteiger partial charge in [-0.25, -0.2) is 0 Å². The van der Waals surface area contributed by atoms with E-state index in [0.717, 1.165) is 47.3 Å². The van der Waals surface area contributed by atoms with Crippen molar-refractivity contribution in [1.82, 2.24) is 5.32 Å². The highest BCUT2D eigenvalue weighted by atomic mass is 32.1. The van der Waals surface area contributed by atoms with Gasteiger partial charge in [0.15, 0.2) is 11.2 Å². The molecular formula is C25H28N2O5S. The topological polar surface area (TPSA) is 97.6 Å². The van der Waals surface area contributed by atoms with Crippen LogP contribution < -0.4 is 16.1 Å². The van der Waals surface area contributed by atoms with E-state index in [2.05, 4.69) is 10.6 Å². The minimum Gasteiger partial charge on any atom is -0.450 e. The maximum absolute atomic E-state index is 13.1. The highest BCUT2D eigenvalue weighted by molar-refractivity contribution is 7.17. The third-order valence-corrected chi connectivity index (χ3v) is 7.28. The number of aryl methyl sites for hydroxylation is 3. The summed E-state index contributed by atoms with van der Waals surface area (Å²) < 4.78 is 10.9. The SMILES string of the molecule is COCCCNC(=O)c1c(NC(=O)c2cc(=O)c3ccc(C)c(C)c3o2)sc2c1CCCC2. The lowest BCUT2D eigenvalue weighted by Gasteiger charge is -2.13. The molecule has 0 spiro atoms. The van der Waals surface area contributed by atoms with Gasteiger partial charge in [-0.2, -0.15) is 0 Å². The molecule has 3 aromatic rings. The molecule has 0 unspecified atom stereocenters. The van der Waals surface area contributed by atoms with Gasteiger partial charge in [0, 0.05) is 31.2 Å². The Balaban J connectivity index is 1.65. The Morgan fingerprint density at radius 3 is 2.73 bits per heavy atom. The van der Waals surface area contributed by atoms with Gasteiger partial charge in [-0.05, 0) is 68.7 Å². The molecule has 2 aromatic heterocycles. The summed E-state index contributed by atoms with van der Waals surface area (Å²) in [4.78, 5) is 39.9. The van der Waals surface area contributed by atoms with E-state index in [1.165, 1.54) is 17.4 Å². The van der Waals surface area contributed by atoms with E-state index in [0.29, 0.717) is 41.1 Å². The number of hydrogen-bond donors (Lipinski definition) is 2. The molecule has 174 valence electrons. The summed E-state index contributed by atoms with van der Waals surface area (Å²) in [5.41, 5.74) is 3.47. The predicted octanol–water partition coefficient (Wildman–Crippen LogP) is 4.37. The average molecular weight is 469 g/mol. The molecule has 0 fully saturated rings. The Bertz CT molecular complexity index is 1270. The molecule has 1 aromatic carbocycles. The summed E-state index contributed by atoms with van der Waals surface area (Å²) in [7, 11) is 1.62. The van der Waals surface area contributed by atoms with Gasteiger partial charge in [0.1, 0.15) is 10.6 Å². The molecular weight excluding hydrogens is 440 g/mol. The van der Waals surface area contributed by atoms with Crippen molar-refractivity contribution in [3.8, 4) is 0 Å². The number of fused-ring (bicyclic) bond motifs is 2. The van der Waals surface area contributed by atoms with Crippen LogP contribution in [-0.4, -0.2) is 32.1 Å². The van der Waals surface area contributed by atoms with Gasteiger partial charge in [-0.1, -0.05) is 6.07 Å². The van der Waals surface area contributed by atoms with E-state index in [1.807, 2.05) is 19.9 Å². The van der Waals surface area contributed by atoms with Crippen LogP contribution in [0.1, 0.15) is 61.7 Å². The van der Waals surface area contributed by atoms with Gasteiger partial charge in [0.2, 0.25) is 0 Å². The molecule has 7 nitrogen and oxygen atoms in total. The molecule has 0 saturated carbocycles. The van der Waals surface area contributed by atoms with E-state index >= 15 is 0 Å². The Morgan fingerprint density at radius 2 is 1.94 bits per heavy atom. The molecule has 0 radical (unpaired) electrons. The second-order valence-corrected chi connectivity index (χ2v) is 9.44.